The number of aromatic nitrogens is 2. The number of aromatic amines is 1. The predicted molar refractivity (Wildman–Crippen MR) is 53.2 cm³/mol. The highest BCUT2D eigenvalue weighted by Gasteiger charge is 1.99. The maximum absolute atomic E-state index is 5.58. The van der Waals surface area contributed by atoms with Crippen LogP contribution in [0.2, 0.25) is 0 Å². The zero-order valence-electron chi connectivity index (χ0n) is 7.41. The van der Waals surface area contributed by atoms with E-state index in [0.717, 1.165) is 22.6 Å². The third-order valence-corrected chi connectivity index (χ3v) is 1.91. The van der Waals surface area contributed by atoms with Crippen LogP contribution in [0, 0.1) is 6.92 Å². The molecule has 2 aromatic rings. The van der Waals surface area contributed by atoms with Gasteiger partial charge in [-0.3, -0.25) is 5.10 Å². The van der Waals surface area contributed by atoms with Crippen molar-refractivity contribution in [3.63, 3.8) is 0 Å². The molecule has 0 unspecified atom stereocenters. The van der Waals surface area contributed by atoms with Gasteiger partial charge in [-0.2, -0.15) is 5.10 Å². The van der Waals surface area contributed by atoms with E-state index in [0.29, 0.717) is 0 Å². The third kappa shape index (κ3) is 1.54. The number of hydrogen-bond donors (Lipinski definition) is 2. The van der Waals surface area contributed by atoms with E-state index in [9.17, 15) is 0 Å². The van der Waals surface area contributed by atoms with Gasteiger partial charge in [0.1, 0.15) is 0 Å². The first kappa shape index (κ1) is 7.86. The lowest BCUT2D eigenvalue weighted by Gasteiger charge is -1.95. The summed E-state index contributed by atoms with van der Waals surface area (Å²) < 4.78 is 0. The Balaban J connectivity index is 2.41. The highest BCUT2D eigenvalue weighted by Crippen LogP contribution is 2.18. The largest absolute Gasteiger partial charge is 0.399 e. The first-order valence-electron chi connectivity index (χ1n) is 4.13. The zero-order chi connectivity index (χ0) is 9.26. The molecular weight excluding hydrogens is 162 g/mol. The van der Waals surface area contributed by atoms with E-state index in [4.69, 9.17) is 5.73 Å². The predicted octanol–water partition coefficient (Wildman–Crippen LogP) is 1.97. The van der Waals surface area contributed by atoms with Crippen molar-refractivity contribution in [3.05, 3.63) is 36.0 Å². The fourth-order valence-corrected chi connectivity index (χ4v) is 1.22. The Morgan fingerprint density at radius 3 is 2.46 bits per heavy atom. The van der Waals surface area contributed by atoms with E-state index in [1.807, 2.05) is 37.3 Å². The number of hydrogen-bond acceptors (Lipinski definition) is 2. The summed E-state index contributed by atoms with van der Waals surface area (Å²) in [5.74, 6) is 0. The molecule has 66 valence electrons. The monoisotopic (exact) mass is 173 g/mol. The molecule has 1 aromatic carbocycles. The summed E-state index contributed by atoms with van der Waals surface area (Å²) in [6.07, 6.45) is 0. The van der Waals surface area contributed by atoms with Crippen molar-refractivity contribution in [2.75, 3.05) is 5.73 Å². The molecule has 0 amide bonds. The van der Waals surface area contributed by atoms with E-state index in [1.165, 1.54) is 0 Å². The molecule has 0 atom stereocenters. The Kier molecular flexibility index (Phi) is 1.77. The summed E-state index contributed by atoms with van der Waals surface area (Å²) >= 11 is 0. The maximum atomic E-state index is 5.58. The topological polar surface area (TPSA) is 54.7 Å². The van der Waals surface area contributed by atoms with Crippen LogP contribution in [-0.4, -0.2) is 10.2 Å². The van der Waals surface area contributed by atoms with Gasteiger partial charge in [0.15, 0.2) is 0 Å². The van der Waals surface area contributed by atoms with Gasteiger partial charge < -0.3 is 5.73 Å². The Bertz CT molecular complexity index is 400. The second-order valence-corrected chi connectivity index (χ2v) is 3.06. The van der Waals surface area contributed by atoms with Crippen LogP contribution >= 0.6 is 0 Å². The normalized spacial score (nSPS) is 10.2. The van der Waals surface area contributed by atoms with Gasteiger partial charge in [0.05, 0.1) is 5.69 Å². The first-order valence-corrected chi connectivity index (χ1v) is 4.13. The Labute approximate surface area is 76.6 Å². The Morgan fingerprint density at radius 1 is 1.23 bits per heavy atom. The zero-order valence-corrected chi connectivity index (χ0v) is 7.41. The van der Waals surface area contributed by atoms with Gasteiger partial charge in [0.25, 0.3) is 0 Å². The van der Waals surface area contributed by atoms with E-state index in [-0.39, 0.29) is 0 Å². The fourth-order valence-electron chi connectivity index (χ4n) is 1.22. The van der Waals surface area contributed by atoms with Gasteiger partial charge in [-0.05, 0) is 25.1 Å². The Hall–Kier alpha value is -1.77. The van der Waals surface area contributed by atoms with Crippen molar-refractivity contribution >= 4 is 5.69 Å². The van der Waals surface area contributed by atoms with Gasteiger partial charge in [-0.25, -0.2) is 0 Å². The van der Waals surface area contributed by atoms with Crippen LogP contribution in [0.1, 0.15) is 5.69 Å². The smallest absolute Gasteiger partial charge is 0.0923 e. The van der Waals surface area contributed by atoms with E-state index in [2.05, 4.69) is 10.2 Å². The molecule has 2 rings (SSSR count). The molecular formula is C10H11N3. The molecule has 1 heterocycles. The first-order chi connectivity index (χ1) is 6.25. The highest BCUT2D eigenvalue weighted by molar-refractivity contribution is 5.61. The van der Waals surface area contributed by atoms with Crippen LogP contribution in [0.5, 0.6) is 0 Å². The van der Waals surface area contributed by atoms with Crippen LogP contribution in [0.4, 0.5) is 5.69 Å². The third-order valence-electron chi connectivity index (χ3n) is 1.91. The van der Waals surface area contributed by atoms with Crippen LogP contribution < -0.4 is 5.73 Å². The summed E-state index contributed by atoms with van der Waals surface area (Å²) in [6.45, 7) is 1.98. The van der Waals surface area contributed by atoms with Crippen LogP contribution in [-0.2, 0) is 0 Å². The lowest BCUT2D eigenvalue weighted by Crippen LogP contribution is -1.83. The molecule has 0 aliphatic carbocycles. The van der Waals surface area contributed by atoms with Gasteiger partial charge in [0, 0.05) is 16.9 Å². The lowest BCUT2D eigenvalue weighted by molar-refractivity contribution is 1.05. The summed E-state index contributed by atoms with van der Waals surface area (Å²) in [5, 5.41) is 7.05. The van der Waals surface area contributed by atoms with Crippen LogP contribution in [0.15, 0.2) is 30.3 Å². The second-order valence-electron chi connectivity index (χ2n) is 3.06. The molecule has 0 radical (unpaired) electrons. The lowest BCUT2D eigenvalue weighted by atomic mass is 10.1. The van der Waals surface area contributed by atoms with Crippen molar-refractivity contribution in [3.8, 4) is 11.3 Å². The standard InChI is InChI=1S/C10H11N3/c1-7-6-10(13-12-7)8-2-4-9(11)5-3-8/h2-6H,11H2,1H3,(H,12,13). The van der Waals surface area contributed by atoms with Gasteiger partial charge in [0.2, 0.25) is 0 Å². The average molecular weight is 173 g/mol. The molecule has 0 aliphatic rings. The van der Waals surface area contributed by atoms with Gasteiger partial charge >= 0.3 is 0 Å². The van der Waals surface area contributed by atoms with Crippen molar-refractivity contribution in [2.24, 2.45) is 0 Å². The van der Waals surface area contributed by atoms with Crippen LogP contribution in [0.3, 0.4) is 0 Å². The molecule has 0 fully saturated rings. The average Bonchev–Trinajstić information content (AvgIpc) is 2.53. The van der Waals surface area contributed by atoms with E-state index >= 15 is 0 Å². The molecule has 3 N–H and O–H groups in total. The molecule has 13 heavy (non-hydrogen) atoms. The number of anilines is 1. The highest BCUT2D eigenvalue weighted by atomic mass is 15.1. The number of nitrogens with two attached hydrogens (primary N) is 1. The SMILES string of the molecule is Cc1cc(-c2ccc(N)cc2)n[nH]1. The number of nitrogens with zero attached hydrogens (tertiary/aromatic N) is 1. The van der Waals surface area contributed by atoms with Gasteiger partial charge in [-0.15, -0.1) is 0 Å². The minimum atomic E-state index is 0.774. The molecule has 0 spiro atoms. The van der Waals surface area contributed by atoms with E-state index < -0.39 is 0 Å². The molecule has 0 saturated heterocycles. The van der Waals surface area contributed by atoms with Crippen molar-refractivity contribution < 1.29 is 0 Å². The molecule has 0 saturated carbocycles. The van der Waals surface area contributed by atoms with E-state index in [1.54, 1.807) is 0 Å². The number of nitrogen functional groups attached to an aromatic ring is 1. The molecule has 1 aromatic heterocycles. The minimum absolute atomic E-state index is 0.774. The molecule has 0 aliphatic heterocycles. The second kappa shape index (κ2) is 2.94. The Morgan fingerprint density at radius 2 is 1.92 bits per heavy atom. The van der Waals surface area contributed by atoms with Gasteiger partial charge in [-0.1, -0.05) is 12.1 Å². The summed E-state index contributed by atoms with van der Waals surface area (Å²) in [6, 6.07) is 9.68. The van der Waals surface area contributed by atoms with Crippen molar-refractivity contribution in [1.82, 2.24) is 10.2 Å². The number of nitrogens with one attached hydrogen (secondary N) is 1. The number of aryl methyl sites for hydroxylation is 1. The molecule has 3 nitrogen and oxygen atoms in total. The van der Waals surface area contributed by atoms with Crippen LogP contribution in [0.25, 0.3) is 11.3 Å². The fraction of sp³-hybridized carbons (Fsp3) is 0.100. The number of rotatable bonds is 1. The quantitative estimate of drug-likeness (QED) is 0.648. The maximum Gasteiger partial charge on any atom is 0.0923 e. The summed E-state index contributed by atoms with van der Waals surface area (Å²) in [7, 11) is 0. The number of benzene rings is 1. The minimum Gasteiger partial charge on any atom is -0.399 e. The molecule has 3 heteroatoms. The summed E-state index contributed by atoms with van der Waals surface area (Å²) in [5.41, 5.74) is 9.46. The summed E-state index contributed by atoms with van der Waals surface area (Å²) in [4.78, 5) is 0. The number of H-pyrrole nitrogens is 1. The van der Waals surface area contributed by atoms with Crippen molar-refractivity contribution in [2.45, 2.75) is 6.92 Å². The molecule has 0 bridgehead atoms. The van der Waals surface area contributed by atoms with Crippen molar-refractivity contribution in [1.29, 1.82) is 0 Å².